The molecule has 186 valence electrons. The molecule has 0 aromatic heterocycles. The number of carbonyl (C=O) groups is 1. The molecule has 4 aliphatic carbocycles. The minimum Gasteiger partial charge on any atom is -0.463 e. The number of esters is 1. The third kappa shape index (κ3) is 4.37. The Labute approximate surface area is 202 Å². The molecule has 3 saturated carbocycles. The molecule has 0 radical (unpaired) electrons. The molecule has 0 saturated heterocycles. The third-order valence-corrected chi connectivity index (χ3v) is 10.9. The van der Waals surface area contributed by atoms with E-state index in [9.17, 15) is 9.90 Å². The van der Waals surface area contributed by atoms with Crippen LogP contribution in [0.4, 0.5) is 0 Å². The van der Waals surface area contributed by atoms with E-state index < -0.39 is 6.10 Å². The van der Waals surface area contributed by atoms with Crippen molar-refractivity contribution in [2.45, 2.75) is 106 Å². The maximum absolute atomic E-state index is 11.5. The molecule has 3 fully saturated rings. The van der Waals surface area contributed by atoms with E-state index in [1.54, 1.807) is 5.57 Å². The number of allylic oxidation sites excluding steroid dienone is 3. The molecule has 0 bridgehead atoms. The highest BCUT2D eigenvalue weighted by atomic mass is 16.5. The van der Waals surface area contributed by atoms with E-state index in [0.29, 0.717) is 35.0 Å². The van der Waals surface area contributed by atoms with Crippen LogP contribution < -0.4 is 0 Å². The van der Waals surface area contributed by atoms with E-state index in [1.165, 1.54) is 32.6 Å². The van der Waals surface area contributed by atoms with Gasteiger partial charge in [-0.3, -0.25) is 4.79 Å². The van der Waals surface area contributed by atoms with E-state index >= 15 is 0 Å². The summed E-state index contributed by atoms with van der Waals surface area (Å²) < 4.78 is 5.57. The minimum atomic E-state index is -0.412. The molecule has 3 heteroatoms. The lowest BCUT2D eigenvalue weighted by atomic mass is 9.47. The molecule has 0 spiro atoms. The van der Waals surface area contributed by atoms with Crippen molar-refractivity contribution in [2.24, 2.45) is 52.3 Å². The maximum Gasteiger partial charge on any atom is 0.302 e. The summed E-state index contributed by atoms with van der Waals surface area (Å²) in [5.41, 5.74) is 2.04. The zero-order valence-corrected chi connectivity index (χ0v) is 22.1. The smallest absolute Gasteiger partial charge is 0.302 e. The summed E-state index contributed by atoms with van der Waals surface area (Å²) in [6.07, 6.45) is 14.7. The van der Waals surface area contributed by atoms with E-state index in [-0.39, 0.29) is 23.4 Å². The van der Waals surface area contributed by atoms with Crippen molar-refractivity contribution >= 4 is 5.97 Å². The van der Waals surface area contributed by atoms with Crippen LogP contribution in [0.5, 0.6) is 0 Å². The SMILES string of the molecule is CC(=O)OC1CCC2(C)C3CCC4(C)C(CCC4C(C)/C=C/C(C)C(C)C)C3=CC(O)C2C1. The van der Waals surface area contributed by atoms with Gasteiger partial charge in [0, 0.05) is 6.92 Å². The van der Waals surface area contributed by atoms with Gasteiger partial charge >= 0.3 is 5.97 Å². The van der Waals surface area contributed by atoms with Gasteiger partial charge in [0.1, 0.15) is 6.10 Å². The van der Waals surface area contributed by atoms with Crippen molar-refractivity contribution in [1.82, 2.24) is 0 Å². The summed E-state index contributed by atoms with van der Waals surface area (Å²) in [7, 11) is 0. The summed E-state index contributed by atoms with van der Waals surface area (Å²) >= 11 is 0. The Morgan fingerprint density at radius 1 is 1.03 bits per heavy atom. The summed E-state index contributed by atoms with van der Waals surface area (Å²) in [6, 6.07) is 0. The molecule has 0 amide bonds. The van der Waals surface area contributed by atoms with Gasteiger partial charge in [-0.25, -0.2) is 0 Å². The van der Waals surface area contributed by atoms with Crippen LogP contribution >= 0.6 is 0 Å². The van der Waals surface area contributed by atoms with Crippen LogP contribution in [0.15, 0.2) is 23.8 Å². The largest absolute Gasteiger partial charge is 0.463 e. The first-order valence-corrected chi connectivity index (χ1v) is 13.7. The maximum atomic E-state index is 11.5. The van der Waals surface area contributed by atoms with Crippen molar-refractivity contribution in [3.63, 3.8) is 0 Å². The highest BCUT2D eigenvalue weighted by Crippen LogP contribution is 2.66. The molecule has 10 atom stereocenters. The molecule has 4 rings (SSSR count). The highest BCUT2D eigenvalue weighted by Gasteiger charge is 2.59. The standard InChI is InChI=1S/C30H48O3/c1-18(2)19(3)8-9-20(4)24-10-11-25-23-17-28(32)27-16-22(33-21(5)31)12-14-30(27,7)26(23)13-15-29(24,25)6/h8-9,17-20,22,24-28,32H,10-16H2,1-7H3/b9-8+. The average Bonchev–Trinajstić information content (AvgIpc) is 3.10. The Balaban J connectivity index is 1.55. The number of aliphatic hydroxyl groups is 1. The molecule has 0 aliphatic heterocycles. The van der Waals surface area contributed by atoms with Gasteiger partial charge in [-0.15, -0.1) is 0 Å². The Morgan fingerprint density at radius 2 is 1.70 bits per heavy atom. The van der Waals surface area contributed by atoms with E-state index in [2.05, 4.69) is 59.8 Å². The second-order valence-corrected chi connectivity index (χ2v) is 13.0. The van der Waals surface area contributed by atoms with Crippen LogP contribution in [0.3, 0.4) is 0 Å². The predicted octanol–water partition coefficient (Wildman–Crippen LogP) is 6.95. The van der Waals surface area contributed by atoms with Crippen molar-refractivity contribution < 1.29 is 14.6 Å². The van der Waals surface area contributed by atoms with E-state index in [1.807, 2.05) is 0 Å². The number of aliphatic hydroxyl groups excluding tert-OH is 1. The molecule has 0 aromatic carbocycles. The Kier molecular flexibility index (Phi) is 6.95. The summed E-state index contributed by atoms with van der Waals surface area (Å²) in [6.45, 7) is 15.9. The van der Waals surface area contributed by atoms with Crippen LogP contribution in [-0.4, -0.2) is 23.3 Å². The molecule has 33 heavy (non-hydrogen) atoms. The first-order valence-electron chi connectivity index (χ1n) is 13.7. The third-order valence-electron chi connectivity index (χ3n) is 10.9. The number of fused-ring (bicyclic) bond motifs is 5. The minimum absolute atomic E-state index is 0.0317. The van der Waals surface area contributed by atoms with Gasteiger partial charge in [0.05, 0.1) is 6.10 Å². The number of rotatable bonds is 5. The van der Waals surface area contributed by atoms with Gasteiger partial charge in [0.15, 0.2) is 0 Å². The second kappa shape index (κ2) is 9.17. The van der Waals surface area contributed by atoms with Crippen LogP contribution in [0.1, 0.15) is 93.4 Å². The fraction of sp³-hybridized carbons (Fsp3) is 0.833. The van der Waals surface area contributed by atoms with Crippen molar-refractivity contribution in [2.75, 3.05) is 0 Å². The average molecular weight is 457 g/mol. The topological polar surface area (TPSA) is 46.5 Å². The lowest BCUT2D eigenvalue weighted by Crippen LogP contribution is -2.54. The van der Waals surface area contributed by atoms with Crippen LogP contribution in [0.25, 0.3) is 0 Å². The quantitative estimate of drug-likeness (QED) is 0.359. The molecule has 10 unspecified atom stereocenters. The zero-order valence-electron chi connectivity index (χ0n) is 22.1. The van der Waals surface area contributed by atoms with Crippen LogP contribution in [0.2, 0.25) is 0 Å². The van der Waals surface area contributed by atoms with Gasteiger partial charge in [-0.2, -0.15) is 0 Å². The highest BCUT2D eigenvalue weighted by molar-refractivity contribution is 5.66. The Bertz CT molecular complexity index is 796. The predicted molar refractivity (Wildman–Crippen MR) is 134 cm³/mol. The normalized spacial score (nSPS) is 44.6. The number of hydrogen-bond acceptors (Lipinski definition) is 3. The van der Waals surface area contributed by atoms with Gasteiger partial charge in [-0.1, -0.05) is 65.3 Å². The molecule has 0 heterocycles. The van der Waals surface area contributed by atoms with Gasteiger partial charge in [0.2, 0.25) is 0 Å². The number of carbonyl (C=O) groups excluding carboxylic acids is 1. The zero-order chi connectivity index (χ0) is 24.1. The molecule has 1 N–H and O–H groups in total. The summed E-state index contributed by atoms with van der Waals surface area (Å²) in [5, 5.41) is 11.3. The van der Waals surface area contributed by atoms with Crippen LogP contribution in [0, 0.1) is 52.3 Å². The second-order valence-electron chi connectivity index (χ2n) is 13.0. The molecular weight excluding hydrogens is 408 g/mol. The molecule has 4 aliphatic rings. The molecular formula is C30H48O3. The lowest BCUT2D eigenvalue weighted by Gasteiger charge is -2.58. The number of ether oxygens (including phenoxy) is 1. The summed E-state index contributed by atoms with van der Waals surface area (Å²) in [5.74, 6) is 3.84. The van der Waals surface area contributed by atoms with Crippen LogP contribution in [-0.2, 0) is 9.53 Å². The van der Waals surface area contributed by atoms with Gasteiger partial charge < -0.3 is 9.84 Å². The molecule has 3 nitrogen and oxygen atoms in total. The Morgan fingerprint density at radius 3 is 2.36 bits per heavy atom. The number of hydrogen-bond donors (Lipinski definition) is 1. The molecule has 0 aromatic rings. The Hall–Kier alpha value is -1.09. The van der Waals surface area contributed by atoms with E-state index in [4.69, 9.17) is 4.74 Å². The fourth-order valence-corrected chi connectivity index (χ4v) is 8.49. The summed E-state index contributed by atoms with van der Waals surface area (Å²) in [4.78, 5) is 11.5. The van der Waals surface area contributed by atoms with Gasteiger partial charge in [-0.05, 0) is 97.2 Å². The fourth-order valence-electron chi connectivity index (χ4n) is 8.49. The monoisotopic (exact) mass is 456 g/mol. The van der Waals surface area contributed by atoms with Crippen molar-refractivity contribution in [3.8, 4) is 0 Å². The van der Waals surface area contributed by atoms with Crippen molar-refractivity contribution in [1.29, 1.82) is 0 Å². The van der Waals surface area contributed by atoms with Crippen molar-refractivity contribution in [3.05, 3.63) is 23.8 Å². The van der Waals surface area contributed by atoms with E-state index in [0.717, 1.165) is 25.2 Å². The van der Waals surface area contributed by atoms with Gasteiger partial charge in [0.25, 0.3) is 0 Å². The first-order chi connectivity index (χ1) is 15.5. The lowest BCUT2D eigenvalue weighted by molar-refractivity contribution is -0.155. The first kappa shape index (κ1) is 25.0.